The fourth-order valence-corrected chi connectivity index (χ4v) is 4.37. The maximum Gasteiger partial charge on any atom is 0.251 e. The highest BCUT2D eigenvalue weighted by molar-refractivity contribution is 5.94. The molecule has 0 saturated carbocycles. The Morgan fingerprint density at radius 1 is 1.00 bits per heavy atom. The third-order valence-electron chi connectivity index (χ3n) is 5.83. The average molecular weight is 390 g/mol. The Balaban J connectivity index is 1.54. The van der Waals surface area contributed by atoms with Crippen molar-refractivity contribution >= 4 is 16.7 Å². The number of benzene rings is 3. The van der Waals surface area contributed by atoms with E-state index in [-0.39, 0.29) is 11.9 Å². The third kappa shape index (κ3) is 4.43. The quantitative estimate of drug-likeness (QED) is 0.651. The first kappa shape index (κ1) is 19.5. The number of amides is 1. The Bertz CT molecular complexity index is 957. The molecule has 0 bridgehead atoms. The molecule has 3 aromatic rings. The van der Waals surface area contributed by atoms with Crippen LogP contribution in [0.4, 0.5) is 0 Å². The monoisotopic (exact) mass is 389 g/mol. The predicted octanol–water partition coefficient (Wildman–Crippen LogP) is 3.39. The van der Waals surface area contributed by atoms with E-state index in [0.717, 1.165) is 18.8 Å². The van der Waals surface area contributed by atoms with Crippen LogP contribution < -0.4 is 15.0 Å². The molecule has 2 N–H and O–H groups in total. The van der Waals surface area contributed by atoms with E-state index in [9.17, 15) is 4.79 Å². The zero-order valence-corrected chi connectivity index (χ0v) is 17.0. The van der Waals surface area contributed by atoms with Crippen molar-refractivity contribution in [3.8, 4) is 5.75 Å². The van der Waals surface area contributed by atoms with E-state index in [1.807, 2.05) is 31.2 Å². The summed E-state index contributed by atoms with van der Waals surface area (Å²) in [5.74, 6) is 0.760. The van der Waals surface area contributed by atoms with Crippen molar-refractivity contribution in [3.63, 3.8) is 0 Å². The molecule has 4 heteroatoms. The minimum Gasteiger partial charge on any atom is -0.494 e. The van der Waals surface area contributed by atoms with Gasteiger partial charge >= 0.3 is 0 Å². The lowest BCUT2D eigenvalue weighted by Crippen LogP contribution is -3.11. The van der Waals surface area contributed by atoms with Gasteiger partial charge in [-0.15, -0.1) is 0 Å². The van der Waals surface area contributed by atoms with Gasteiger partial charge in [0.05, 0.1) is 26.2 Å². The molecule has 1 atom stereocenters. The smallest absolute Gasteiger partial charge is 0.251 e. The predicted molar refractivity (Wildman–Crippen MR) is 117 cm³/mol. The molecule has 1 amide bonds. The maximum absolute atomic E-state index is 12.8. The number of fused-ring (bicyclic) bond motifs is 1. The number of rotatable bonds is 7. The largest absolute Gasteiger partial charge is 0.494 e. The van der Waals surface area contributed by atoms with Gasteiger partial charge in [-0.3, -0.25) is 4.79 Å². The van der Waals surface area contributed by atoms with E-state index in [4.69, 9.17) is 4.74 Å². The van der Waals surface area contributed by atoms with Crippen molar-refractivity contribution in [1.82, 2.24) is 5.32 Å². The van der Waals surface area contributed by atoms with Crippen molar-refractivity contribution < 1.29 is 14.4 Å². The van der Waals surface area contributed by atoms with Crippen molar-refractivity contribution in [1.29, 1.82) is 0 Å². The van der Waals surface area contributed by atoms with Gasteiger partial charge in [-0.2, -0.15) is 0 Å². The van der Waals surface area contributed by atoms with Gasteiger partial charge in [0, 0.05) is 24.0 Å². The van der Waals surface area contributed by atoms with Crippen molar-refractivity contribution in [3.05, 3.63) is 77.9 Å². The summed E-state index contributed by atoms with van der Waals surface area (Å²) in [4.78, 5) is 14.3. The van der Waals surface area contributed by atoms with E-state index >= 15 is 0 Å². The molecule has 0 radical (unpaired) electrons. The van der Waals surface area contributed by atoms with Gasteiger partial charge in [-0.1, -0.05) is 42.5 Å². The molecule has 1 fully saturated rings. The normalized spacial score (nSPS) is 15.3. The Labute approximate surface area is 172 Å². The fourth-order valence-electron chi connectivity index (χ4n) is 4.37. The lowest BCUT2D eigenvalue weighted by atomic mass is 9.97. The second kappa shape index (κ2) is 9.10. The minimum atomic E-state index is -0.0307. The van der Waals surface area contributed by atoms with Crippen LogP contribution in [-0.2, 0) is 0 Å². The minimum absolute atomic E-state index is 0.0307. The summed E-state index contributed by atoms with van der Waals surface area (Å²) in [5, 5.41) is 5.73. The molecule has 150 valence electrons. The number of carbonyl (C=O) groups excluding carboxylic acids is 1. The molecular formula is C25H29N2O2+. The van der Waals surface area contributed by atoms with Crippen LogP contribution in [-0.4, -0.2) is 32.1 Å². The summed E-state index contributed by atoms with van der Waals surface area (Å²) < 4.78 is 5.47. The molecule has 1 saturated heterocycles. The molecule has 4 rings (SSSR count). The molecule has 0 spiro atoms. The van der Waals surface area contributed by atoms with Gasteiger partial charge < -0.3 is 15.0 Å². The highest BCUT2D eigenvalue weighted by Gasteiger charge is 2.29. The molecule has 0 aliphatic carbocycles. The molecular weight excluding hydrogens is 360 g/mol. The summed E-state index contributed by atoms with van der Waals surface area (Å²) in [6.45, 7) is 5.53. The lowest BCUT2D eigenvalue weighted by Gasteiger charge is -2.26. The zero-order valence-electron chi connectivity index (χ0n) is 17.0. The molecule has 1 heterocycles. The molecule has 0 aromatic heterocycles. The Kier molecular flexibility index (Phi) is 6.11. The van der Waals surface area contributed by atoms with E-state index < -0.39 is 0 Å². The zero-order chi connectivity index (χ0) is 20.1. The highest BCUT2D eigenvalue weighted by atomic mass is 16.5. The Morgan fingerprint density at radius 2 is 1.72 bits per heavy atom. The van der Waals surface area contributed by atoms with Gasteiger partial charge in [0.25, 0.3) is 5.91 Å². The van der Waals surface area contributed by atoms with Gasteiger partial charge in [0.1, 0.15) is 11.8 Å². The number of ether oxygens (including phenoxy) is 1. The number of hydrogen-bond acceptors (Lipinski definition) is 2. The number of quaternary nitrogens is 1. The third-order valence-corrected chi connectivity index (χ3v) is 5.83. The highest BCUT2D eigenvalue weighted by Crippen LogP contribution is 2.23. The first-order valence-electron chi connectivity index (χ1n) is 10.6. The number of hydrogen-bond donors (Lipinski definition) is 2. The summed E-state index contributed by atoms with van der Waals surface area (Å²) in [6, 6.07) is 22.7. The summed E-state index contributed by atoms with van der Waals surface area (Å²) in [7, 11) is 0. The van der Waals surface area contributed by atoms with Crippen LogP contribution in [0.1, 0.15) is 41.7 Å². The molecule has 4 nitrogen and oxygen atoms in total. The van der Waals surface area contributed by atoms with E-state index in [0.29, 0.717) is 18.7 Å². The Hall–Kier alpha value is -2.85. The van der Waals surface area contributed by atoms with E-state index in [1.54, 1.807) is 4.90 Å². The molecule has 29 heavy (non-hydrogen) atoms. The number of carbonyl (C=O) groups is 1. The maximum atomic E-state index is 12.8. The standard InChI is InChI=1S/C25H28N2O2/c1-2-29-21-14-12-20(13-15-21)25(28)26-18-24(27-16-5-6-17-27)23-11-7-9-19-8-3-4-10-22(19)23/h3-4,7-15,24H,2,5-6,16-18H2,1H3,(H,26,28)/p+1/t24-/m1/s1. The van der Waals surface area contributed by atoms with Crippen LogP contribution in [0.2, 0.25) is 0 Å². The Morgan fingerprint density at radius 3 is 2.48 bits per heavy atom. The molecule has 0 unspecified atom stereocenters. The van der Waals surface area contributed by atoms with Crippen molar-refractivity contribution in [2.75, 3.05) is 26.2 Å². The first-order valence-corrected chi connectivity index (χ1v) is 10.6. The van der Waals surface area contributed by atoms with Crippen LogP contribution in [0, 0.1) is 0 Å². The van der Waals surface area contributed by atoms with Crippen LogP contribution in [0.15, 0.2) is 66.7 Å². The molecule has 1 aliphatic heterocycles. The lowest BCUT2D eigenvalue weighted by molar-refractivity contribution is -0.918. The van der Waals surface area contributed by atoms with Crippen molar-refractivity contribution in [2.45, 2.75) is 25.8 Å². The molecule has 1 aliphatic rings. The van der Waals surface area contributed by atoms with Crippen LogP contribution >= 0.6 is 0 Å². The van der Waals surface area contributed by atoms with Gasteiger partial charge in [0.15, 0.2) is 0 Å². The summed E-state index contributed by atoms with van der Waals surface area (Å²) >= 11 is 0. The second-order valence-electron chi connectivity index (χ2n) is 7.65. The van der Waals surface area contributed by atoms with Crippen molar-refractivity contribution in [2.24, 2.45) is 0 Å². The molecule has 3 aromatic carbocycles. The van der Waals surface area contributed by atoms with Crippen LogP contribution in [0.5, 0.6) is 5.75 Å². The summed E-state index contributed by atoms with van der Waals surface area (Å²) in [6.07, 6.45) is 2.51. The second-order valence-corrected chi connectivity index (χ2v) is 7.65. The SMILES string of the molecule is CCOc1ccc(C(=O)NC[C@H](c2cccc3ccccc23)[NH+]2CCCC2)cc1. The number of nitrogens with one attached hydrogen (secondary N) is 2. The summed E-state index contributed by atoms with van der Waals surface area (Å²) in [5.41, 5.74) is 1.99. The van der Waals surface area contributed by atoms with E-state index in [1.165, 1.54) is 29.2 Å². The van der Waals surface area contributed by atoms with Gasteiger partial charge in [-0.05, 0) is 42.0 Å². The van der Waals surface area contributed by atoms with Crippen LogP contribution in [0.3, 0.4) is 0 Å². The fraction of sp³-hybridized carbons (Fsp3) is 0.320. The van der Waals surface area contributed by atoms with E-state index in [2.05, 4.69) is 47.8 Å². The topological polar surface area (TPSA) is 42.8 Å². The van der Waals surface area contributed by atoms with Gasteiger partial charge in [0.2, 0.25) is 0 Å². The average Bonchev–Trinajstić information content (AvgIpc) is 3.29. The first-order chi connectivity index (χ1) is 14.3. The van der Waals surface area contributed by atoms with Gasteiger partial charge in [-0.25, -0.2) is 0 Å². The van der Waals surface area contributed by atoms with Crippen LogP contribution in [0.25, 0.3) is 10.8 Å². The number of likely N-dealkylation sites (tertiary alicyclic amines) is 1.